The van der Waals surface area contributed by atoms with Gasteiger partial charge in [0.25, 0.3) is 0 Å². The van der Waals surface area contributed by atoms with Gasteiger partial charge in [-0.3, -0.25) is 19.6 Å². The van der Waals surface area contributed by atoms with Crippen molar-refractivity contribution in [1.82, 2.24) is 14.8 Å². The Morgan fingerprint density at radius 2 is 1.97 bits per heavy atom. The molecule has 2 aromatic rings. The van der Waals surface area contributed by atoms with E-state index in [-0.39, 0.29) is 11.8 Å². The molecule has 7 nitrogen and oxygen atoms in total. The molecule has 1 aliphatic carbocycles. The lowest BCUT2D eigenvalue weighted by molar-refractivity contribution is -0.148. The molecule has 178 valence electrons. The quantitative estimate of drug-likeness (QED) is 0.634. The van der Waals surface area contributed by atoms with Crippen molar-refractivity contribution in [3.05, 3.63) is 36.0 Å². The zero-order chi connectivity index (χ0) is 22.9. The van der Waals surface area contributed by atoms with E-state index < -0.39 is 12.1 Å². The summed E-state index contributed by atoms with van der Waals surface area (Å²) in [5.74, 6) is -0.237. The van der Waals surface area contributed by atoms with Crippen LogP contribution in [0.25, 0.3) is 10.9 Å². The van der Waals surface area contributed by atoms with Crippen molar-refractivity contribution in [2.75, 3.05) is 33.3 Å². The Morgan fingerprint density at radius 3 is 2.67 bits per heavy atom. The van der Waals surface area contributed by atoms with Crippen molar-refractivity contribution >= 4 is 16.9 Å². The van der Waals surface area contributed by atoms with Crippen LogP contribution in [0.4, 0.5) is 0 Å². The molecule has 3 heterocycles. The van der Waals surface area contributed by atoms with Gasteiger partial charge in [-0.15, -0.1) is 0 Å². The molecular weight excluding hydrogens is 418 g/mol. The second-order valence-corrected chi connectivity index (χ2v) is 10.1. The van der Waals surface area contributed by atoms with Crippen LogP contribution in [-0.4, -0.2) is 76.3 Å². The number of aliphatic carboxylic acids is 1. The lowest BCUT2D eigenvalue weighted by Crippen LogP contribution is -2.65. The lowest BCUT2D eigenvalue weighted by Gasteiger charge is -2.53. The predicted molar refractivity (Wildman–Crippen MR) is 126 cm³/mol. The Kier molecular flexibility index (Phi) is 6.54. The van der Waals surface area contributed by atoms with Gasteiger partial charge in [0.1, 0.15) is 5.75 Å². The normalized spacial score (nSPS) is 26.0. The molecule has 3 fully saturated rings. The predicted octanol–water partition coefficient (Wildman–Crippen LogP) is 3.32. The first-order valence-corrected chi connectivity index (χ1v) is 12.3. The zero-order valence-electron chi connectivity index (χ0n) is 19.4. The summed E-state index contributed by atoms with van der Waals surface area (Å²) in [6, 6.07) is 8.81. The smallest absolute Gasteiger partial charge is 0.308 e. The Balaban J connectivity index is 1.20. The Hall–Kier alpha value is -2.22. The van der Waals surface area contributed by atoms with Crippen LogP contribution in [0.5, 0.6) is 5.75 Å². The molecule has 7 heteroatoms. The van der Waals surface area contributed by atoms with Crippen LogP contribution < -0.4 is 4.74 Å². The van der Waals surface area contributed by atoms with Gasteiger partial charge in [0.05, 0.1) is 24.6 Å². The molecular formula is C26H35N3O4. The molecule has 2 N–H and O–H groups in total. The number of carbonyl (C=O) groups is 1. The first-order valence-electron chi connectivity index (χ1n) is 12.3. The Morgan fingerprint density at radius 1 is 1.15 bits per heavy atom. The summed E-state index contributed by atoms with van der Waals surface area (Å²) in [7, 11) is 1.63. The number of ether oxygens (including phenoxy) is 1. The van der Waals surface area contributed by atoms with Gasteiger partial charge < -0.3 is 14.9 Å². The van der Waals surface area contributed by atoms with Crippen LogP contribution >= 0.6 is 0 Å². The van der Waals surface area contributed by atoms with Crippen LogP contribution in [-0.2, 0) is 4.79 Å². The van der Waals surface area contributed by atoms with Crippen molar-refractivity contribution in [2.24, 2.45) is 11.8 Å². The third-order valence-electron chi connectivity index (χ3n) is 8.25. The van der Waals surface area contributed by atoms with E-state index in [1.807, 2.05) is 24.3 Å². The number of benzene rings is 1. The van der Waals surface area contributed by atoms with Gasteiger partial charge in [-0.25, -0.2) is 0 Å². The molecule has 1 unspecified atom stereocenters. The van der Waals surface area contributed by atoms with Gasteiger partial charge in [0.15, 0.2) is 0 Å². The summed E-state index contributed by atoms with van der Waals surface area (Å²) in [4.78, 5) is 21.5. The number of aliphatic hydroxyl groups excluding tert-OH is 1. The number of carboxylic acid groups (broad SMARTS) is 1. The summed E-state index contributed by atoms with van der Waals surface area (Å²) >= 11 is 0. The number of pyridine rings is 1. The van der Waals surface area contributed by atoms with Gasteiger partial charge in [0, 0.05) is 43.3 Å². The maximum Gasteiger partial charge on any atom is 0.308 e. The fraction of sp³-hybridized carbons (Fsp3) is 0.615. The summed E-state index contributed by atoms with van der Waals surface area (Å²) in [6.45, 7) is 3.79. The van der Waals surface area contributed by atoms with Gasteiger partial charge >= 0.3 is 5.97 Å². The SMILES string of the molecule is COc1ccc2nccc(C(O)CC[C@@H]3CCN(C4CN(C5CCC5)C4)C[C@@H]3C(=O)O)c2c1. The van der Waals surface area contributed by atoms with E-state index in [0.29, 0.717) is 25.4 Å². The minimum Gasteiger partial charge on any atom is -0.497 e. The largest absolute Gasteiger partial charge is 0.497 e. The topological polar surface area (TPSA) is 86.1 Å². The standard InChI is InChI=1S/C26H35N3O4/c1-33-20-6-7-24-22(13-20)21(9-11-27-24)25(30)8-5-17-10-12-28(16-23(17)26(31)32)19-14-29(15-19)18-3-2-4-18/h6-7,9,11,13,17-19,23,25,30H,2-5,8,10,12,14-16H2,1H3,(H,31,32)/t17-,23+,25?/m1/s1. The number of likely N-dealkylation sites (tertiary alicyclic amines) is 2. The van der Waals surface area contributed by atoms with Crippen LogP contribution in [0.2, 0.25) is 0 Å². The van der Waals surface area contributed by atoms with E-state index in [0.717, 1.165) is 54.3 Å². The Labute approximate surface area is 195 Å². The second-order valence-electron chi connectivity index (χ2n) is 10.1. The molecule has 3 atom stereocenters. The minimum atomic E-state index is -0.701. The number of hydrogen-bond acceptors (Lipinski definition) is 6. The van der Waals surface area contributed by atoms with Crippen LogP contribution in [0.3, 0.4) is 0 Å². The highest BCUT2D eigenvalue weighted by Gasteiger charge is 2.42. The van der Waals surface area contributed by atoms with Crippen LogP contribution in [0, 0.1) is 11.8 Å². The highest BCUT2D eigenvalue weighted by Crippen LogP contribution is 2.36. The molecule has 2 aliphatic heterocycles. The minimum absolute atomic E-state index is 0.0962. The Bertz CT molecular complexity index is 989. The van der Waals surface area contributed by atoms with E-state index in [2.05, 4.69) is 14.8 Å². The summed E-state index contributed by atoms with van der Waals surface area (Å²) in [5.41, 5.74) is 1.65. The number of carboxylic acids is 1. The maximum absolute atomic E-state index is 12.1. The third kappa shape index (κ3) is 4.59. The zero-order valence-corrected chi connectivity index (χ0v) is 19.4. The molecule has 3 aliphatic rings. The molecule has 2 saturated heterocycles. The van der Waals surface area contributed by atoms with Gasteiger partial charge in [-0.2, -0.15) is 0 Å². The average Bonchev–Trinajstić information content (AvgIpc) is 2.77. The molecule has 5 rings (SSSR count). The average molecular weight is 454 g/mol. The van der Waals surface area contributed by atoms with Crippen molar-refractivity contribution in [1.29, 1.82) is 0 Å². The highest BCUT2D eigenvalue weighted by atomic mass is 16.5. The summed E-state index contributed by atoms with van der Waals surface area (Å²) < 4.78 is 5.34. The van der Waals surface area contributed by atoms with E-state index in [9.17, 15) is 15.0 Å². The van der Waals surface area contributed by atoms with E-state index in [1.165, 1.54) is 19.3 Å². The van der Waals surface area contributed by atoms with Crippen molar-refractivity contribution in [3.63, 3.8) is 0 Å². The first kappa shape index (κ1) is 22.6. The number of rotatable bonds is 8. The molecule has 33 heavy (non-hydrogen) atoms. The van der Waals surface area contributed by atoms with E-state index >= 15 is 0 Å². The van der Waals surface area contributed by atoms with Crippen molar-refractivity contribution in [2.45, 2.75) is 56.7 Å². The van der Waals surface area contributed by atoms with Crippen molar-refractivity contribution < 1.29 is 19.7 Å². The van der Waals surface area contributed by atoms with Gasteiger partial charge in [0.2, 0.25) is 0 Å². The third-order valence-corrected chi connectivity index (χ3v) is 8.25. The summed E-state index contributed by atoms with van der Waals surface area (Å²) in [5, 5.41) is 21.8. The fourth-order valence-electron chi connectivity index (χ4n) is 5.84. The van der Waals surface area contributed by atoms with Gasteiger partial charge in [-0.1, -0.05) is 6.42 Å². The molecule has 0 spiro atoms. The molecule has 0 radical (unpaired) electrons. The van der Waals surface area contributed by atoms with E-state index in [4.69, 9.17) is 4.74 Å². The number of nitrogens with zero attached hydrogens (tertiary/aromatic N) is 3. The van der Waals surface area contributed by atoms with Crippen molar-refractivity contribution in [3.8, 4) is 5.75 Å². The van der Waals surface area contributed by atoms with Crippen LogP contribution in [0.1, 0.15) is 50.2 Å². The van der Waals surface area contributed by atoms with E-state index in [1.54, 1.807) is 13.3 Å². The maximum atomic E-state index is 12.1. The number of aliphatic hydroxyl groups is 1. The van der Waals surface area contributed by atoms with Gasteiger partial charge in [-0.05, 0) is 74.4 Å². The first-order chi connectivity index (χ1) is 16.0. The number of hydrogen-bond donors (Lipinski definition) is 2. The fourth-order valence-corrected chi connectivity index (χ4v) is 5.84. The molecule has 0 bridgehead atoms. The second kappa shape index (κ2) is 9.57. The molecule has 1 saturated carbocycles. The highest BCUT2D eigenvalue weighted by molar-refractivity contribution is 5.83. The monoisotopic (exact) mass is 453 g/mol. The molecule has 1 aromatic carbocycles. The lowest BCUT2D eigenvalue weighted by atomic mass is 9.80. The summed E-state index contributed by atoms with van der Waals surface area (Å²) in [6.07, 6.45) is 7.21. The molecule has 1 aromatic heterocycles. The number of piperidine rings is 1. The number of fused-ring (bicyclic) bond motifs is 1. The molecule has 0 amide bonds. The number of methoxy groups -OCH3 is 1. The van der Waals surface area contributed by atoms with Crippen LogP contribution in [0.15, 0.2) is 30.5 Å². The number of aromatic nitrogens is 1.